The van der Waals surface area contributed by atoms with Crippen LogP contribution >= 0.6 is 0 Å². The largest absolute Gasteiger partial charge is 0.748 e. The molecule has 0 aromatic heterocycles. The van der Waals surface area contributed by atoms with Crippen LogP contribution < -0.4 is 5.32 Å². The van der Waals surface area contributed by atoms with Crippen LogP contribution in [0.5, 0.6) is 0 Å². The maximum atomic E-state index is 11.4. The van der Waals surface area contributed by atoms with Crippen molar-refractivity contribution in [2.24, 2.45) is 0 Å². The molecule has 0 bridgehead atoms. The topological polar surface area (TPSA) is 73.8 Å². The van der Waals surface area contributed by atoms with E-state index in [1.165, 1.54) is 116 Å². The fraction of sp³-hybridized carbons (Fsp3) is 1.00. The molecule has 2 N–H and O–H groups in total. The average Bonchev–Trinajstić information content (AvgIpc) is 2.80. The highest BCUT2D eigenvalue weighted by Gasteiger charge is 2.32. The fourth-order valence-corrected chi connectivity index (χ4v) is 6.03. The van der Waals surface area contributed by atoms with Crippen molar-refractivity contribution < 1.29 is 18.3 Å². The molecule has 0 fully saturated rings. The zero-order chi connectivity index (χ0) is 25.4. The van der Waals surface area contributed by atoms with Crippen LogP contribution in [0.25, 0.3) is 0 Å². The van der Waals surface area contributed by atoms with Crippen molar-refractivity contribution in [1.82, 2.24) is 0 Å². The van der Waals surface area contributed by atoms with Gasteiger partial charge in [0.1, 0.15) is 0 Å². The summed E-state index contributed by atoms with van der Waals surface area (Å²) in [6.45, 7) is 7.63. The van der Waals surface area contributed by atoms with Gasteiger partial charge in [0.25, 0.3) is 0 Å². The van der Waals surface area contributed by atoms with Crippen LogP contribution in [0, 0.1) is 0 Å². The summed E-state index contributed by atoms with van der Waals surface area (Å²) in [4.78, 5) is 0. The van der Waals surface area contributed by atoms with Crippen LogP contribution in [0.3, 0.4) is 0 Å². The molecule has 0 rings (SSSR count). The summed E-state index contributed by atoms with van der Waals surface area (Å²) in [5.41, 5.74) is -0.0630. The number of hydrogen-bond donors (Lipinski definition) is 1. The number of unbranched alkanes of at least 4 members (excludes halogenated alkanes) is 18. The van der Waals surface area contributed by atoms with E-state index in [-0.39, 0.29) is 11.3 Å². The second kappa shape index (κ2) is 23.3. The van der Waals surface area contributed by atoms with Gasteiger partial charge in [0.15, 0.2) is 0 Å². The predicted molar refractivity (Wildman–Crippen MR) is 147 cm³/mol. The third-order valence-corrected chi connectivity index (χ3v) is 8.25. The molecule has 0 aliphatic rings. The lowest BCUT2D eigenvalue weighted by molar-refractivity contribution is -0.727. The van der Waals surface area contributed by atoms with Crippen LogP contribution in [0.4, 0.5) is 0 Å². The van der Waals surface area contributed by atoms with Gasteiger partial charge in [-0.25, -0.2) is 8.42 Å². The molecule has 0 aliphatic carbocycles. The molecule has 34 heavy (non-hydrogen) atoms. The molecule has 0 spiro atoms. The van der Waals surface area contributed by atoms with Crippen LogP contribution in [-0.4, -0.2) is 30.8 Å². The summed E-state index contributed by atoms with van der Waals surface area (Å²) in [6, 6.07) is 0. The SMILES string of the molecule is CCCCCCCCCCCCC(CCCCCCCCCCCC)(CCS(=O)(=O)[O-])[NH2+]CC. The molecule has 0 unspecified atom stereocenters. The van der Waals surface area contributed by atoms with Crippen molar-refractivity contribution >= 4 is 10.1 Å². The second-order valence-corrected chi connectivity index (χ2v) is 12.4. The Bertz CT molecular complexity index is 497. The monoisotopic (exact) mass is 503 g/mol. The van der Waals surface area contributed by atoms with E-state index >= 15 is 0 Å². The minimum absolute atomic E-state index is 0.0630. The Morgan fingerprint density at radius 1 is 0.529 bits per heavy atom. The molecule has 0 heterocycles. The van der Waals surface area contributed by atoms with E-state index < -0.39 is 10.1 Å². The maximum Gasteiger partial charge on any atom is 0.0970 e. The lowest BCUT2D eigenvalue weighted by Crippen LogP contribution is -2.96. The summed E-state index contributed by atoms with van der Waals surface area (Å²) in [5.74, 6) is -0.209. The highest BCUT2D eigenvalue weighted by Crippen LogP contribution is 2.24. The highest BCUT2D eigenvalue weighted by molar-refractivity contribution is 7.85. The molecule has 0 amide bonds. The first-order valence-electron chi connectivity index (χ1n) is 15.2. The summed E-state index contributed by atoms with van der Waals surface area (Å²) in [6.07, 6.45) is 28.9. The first kappa shape index (κ1) is 33.9. The molecule has 5 heteroatoms. The summed E-state index contributed by atoms with van der Waals surface area (Å²) in [5, 5.41) is 2.35. The van der Waals surface area contributed by atoms with Gasteiger partial charge < -0.3 is 9.87 Å². The van der Waals surface area contributed by atoms with Crippen LogP contribution in [0.1, 0.15) is 168 Å². The summed E-state index contributed by atoms with van der Waals surface area (Å²) >= 11 is 0. The van der Waals surface area contributed by atoms with Crippen molar-refractivity contribution in [3.8, 4) is 0 Å². The van der Waals surface area contributed by atoms with Gasteiger partial charge in [-0.15, -0.1) is 0 Å². The second-order valence-electron chi connectivity index (χ2n) is 10.9. The Kier molecular flexibility index (Phi) is 23.2. The van der Waals surface area contributed by atoms with Gasteiger partial charge in [-0.3, -0.25) is 0 Å². The Morgan fingerprint density at radius 2 is 0.853 bits per heavy atom. The van der Waals surface area contributed by atoms with Crippen molar-refractivity contribution in [2.75, 3.05) is 12.3 Å². The molecule has 0 saturated carbocycles. The smallest absolute Gasteiger partial charge is 0.0970 e. The van der Waals surface area contributed by atoms with E-state index in [1.54, 1.807) is 0 Å². The molecule has 0 aromatic carbocycles. The molecule has 0 saturated heterocycles. The zero-order valence-corrected chi connectivity index (χ0v) is 24.2. The molecule has 4 nitrogen and oxygen atoms in total. The lowest BCUT2D eigenvalue weighted by atomic mass is 9.83. The molecular formula is C29H61NO3S. The van der Waals surface area contributed by atoms with Crippen molar-refractivity contribution in [1.29, 1.82) is 0 Å². The minimum atomic E-state index is -4.15. The van der Waals surface area contributed by atoms with Crippen molar-refractivity contribution in [3.05, 3.63) is 0 Å². The van der Waals surface area contributed by atoms with E-state index in [2.05, 4.69) is 26.1 Å². The molecule has 0 aromatic rings. The number of nitrogens with two attached hydrogens (primary N) is 1. The van der Waals surface area contributed by atoms with Crippen molar-refractivity contribution in [3.63, 3.8) is 0 Å². The molecule has 0 atom stereocenters. The van der Waals surface area contributed by atoms with Crippen LogP contribution in [-0.2, 0) is 10.1 Å². The van der Waals surface area contributed by atoms with Crippen LogP contribution in [0.15, 0.2) is 0 Å². The van der Waals surface area contributed by atoms with Gasteiger partial charge in [-0.2, -0.15) is 0 Å². The Hall–Kier alpha value is -0.130. The molecule has 0 aliphatic heterocycles. The number of quaternary nitrogens is 1. The third kappa shape index (κ3) is 22.3. The normalized spacial score (nSPS) is 12.5. The van der Waals surface area contributed by atoms with Gasteiger partial charge in [0.2, 0.25) is 0 Å². The van der Waals surface area contributed by atoms with Gasteiger partial charge in [0.05, 0.1) is 22.2 Å². The average molecular weight is 504 g/mol. The van der Waals surface area contributed by atoms with Gasteiger partial charge >= 0.3 is 0 Å². The molecular weight excluding hydrogens is 442 g/mol. The van der Waals surface area contributed by atoms with E-state index in [9.17, 15) is 13.0 Å². The summed E-state index contributed by atoms with van der Waals surface area (Å²) in [7, 11) is -4.15. The van der Waals surface area contributed by atoms with Gasteiger partial charge in [-0.1, -0.05) is 129 Å². The predicted octanol–water partition coefficient (Wildman–Crippen LogP) is 7.87. The van der Waals surface area contributed by atoms with E-state index in [1.807, 2.05) is 0 Å². The first-order chi connectivity index (χ1) is 16.4. The molecule has 0 radical (unpaired) electrons. The third-order valence-electron chi connectivity index (χ3n) is 7.54. The van der Waals surface area contributed by atoms with Crippen molar-refractivity contribution in [2.45, 2.75) is 174 Å². The Balaban J connectivity index is 4.31. The Morgan fingerprint density at radius 3 is 1.15 bits per heavy atom. The summed E-state index contributed by atoms with van der Waals surface area (Å²) < 4.78 is 34.2. The maximum absolute atomic E-state index is 11.4. The zero-order valence-electron chi connectivity index (χ0n) is 23.4. The first-order valence-corrected chi connectivity index (χ1v) is 16.7. The standard InChI is InChI=1S/C29H61NO3S/c1-4-7-9-11-13-15-17-19-21-23-25-29(30-6-3,27-28-34(31,32)33)26-24-22-20-18-16-14-12-10-8-5-2/h30H,4-28H2,1-3H3,(H,31,32,33). The van der Waals surface area contributed by atoms with E-state index in [4.69, 9.17) is 0 Å². The Labute approximate surface area is 214 Å². The van der Waals surface area contributed by atoms with E-state index in [0.717, 1.165) is 32.2 Å². The van der Waals surface area contributed by atoms with E-state index in [0.29, 0.717) is 6.42 Å². The number of hydrogen-bond acceptors (Lipinski definition) is 3. The minimum Gasteiger partial charge on any atom is -0.748 e. The van der Waals surface area contributed by atoms with Gasteiger partial charge in [0, 0.05) is 25.0 Å². The molecule has 206 valence electrons. The quantitative estimate of drug-likeness (QED) is 0.0915. The fourth-order valence-electron chi connectivity index (χ4n) is 5.37. The highest BCUT2D eigenvalue weighted by atomic mass is 32.2. The van der Waals surface area contributed by atoms with Crippen LogP contribution in [0.2, 0.25) is 0 Å². The van der Waals surface area contributed by atoms with Gasteiger partial charge in [-0.05, 0) is 19.8 Å². The number of rotatable bonds is 27. The lowest BCUT2D eigenvalue weighted by Gasteiger charge is -2.32.